The van der Waals surface area contributed by atoms with Gasteiger partial charge in [0.15, 0.2) is 0 Å². The predicted molar refractivity (Wildman–Crippen MR) is 137 cm³/mol. The van der Waals surface area contributed by atoms with E-state index in [0.717, 1.165) is 33.7 Å². The van der Waals surface area contributed by atoms with Gasteiger partial charge in [0.1, 0.15) is 12.6 Å². The Morgan fingerprint density at radius 3 is 2.00 bits per heavy atom. The molecular weight excluding hydrogens is 450 g/mol. The number of amides is 2. The number of sulfonamides is 1. The summed E-state index contributed by atoms with van der Waals surface area (Å²) in [5.41, 5.74) is 3.43. The quantitative estimate of drug-likeness (QED) is 0.525. The fourth-order valence-corrected chi connectivity index (χ4v) is 4.29. The summed E-state index contributed by atoms with van der Waals surface area (Å²) >= 11 is 0. The van der Waals surface area contributed by atoms with Gasteiger partial charge in [-0.1, -0.05) is 62.7 Å². The maximum absolute atomic E-state index is 13.5. The minimum atomic E-state index is -3.73. The molecule has 2 aromatic rings. The van der Waals surface area contributed by atoms with Gasteiger partial charge >= 0.3 is 0 Å². The van der Waals surface area contributed by atoms with Crippen LogP contribution in [0.15, 0.2) is 48.5 Å². The van der Waals surface area contributed by atoms with Gasteiger partial charge in [-0.25, -0.2) is 8.42 Å². The lowest BCUT2D eigenvalue weighted by Crippen LogP contribution is -2.51. The second-order valence-electron chi connectivity index (χ2n) is 9.11. The summed E-state index contributed by atoms with van der Waals surface area (Å²) < 4.78 is 26.3. The summed E-state index contributed by atoms with van der Waals surface area (Å²) in [6.07, 6.45) is 1.91. The standard InChI is InChI=1S/C26H37N3O4S/c1-7-22-12-14-24(15-13-22)29(34(6,32)33)18-25(30)28(17-23-10-8-20(4)9-11-23)21(5)26(31)27-16-19(2)3/h8-15,19,21H,7,16-18H2,1-6H3,(H,27,31). The molecule has 7 nitrogen and oxygen atoms in total. The molecule has 0 saturated heterocycles. The van der Waals surface area contributed by atoms with Crippen LogP contribution in [0.2, 0.25) is 0 Å². The monoisotopic (exact) mass is 487 g/mol. The Morgan fingerprint density at radius 1 is 0.941 bits per heavy atom. The summed E-state index contributed by atoms with van der Waals surface area (Å²) in [5, 5.41) is 2.88. The van der Waals surface area contributed by atoms with E-state index < -0.39 is 28.5 Å². The summed E-state index contributed by atoms with van der Waals surface area (Å²) in [7, 11) is -3.73. The molecule has 0 aliphatic carbocycles. The number of rotatable bonds is 11. The number of hydrogen-bond acceptors (Lipinski definition) is 4. The zero-order valence-corrected chi connectivity index (χ0v) is 21.9. The molecule has 2 rings (SSSR count). The SMILES string of the molecule is CCc1ccc(N(CC(=O)N(Cc2ccc(C)cc2)C(C)C(=O)NCC(C)C)S(C)(=O)=O)cc1. The molecule has 0 saturated carbocycles. The average Bonchev–Trinajstić information content (AvgIpc) is 2.79. The van der Waals surface area contributed by atoms with E-state index in [9.17, 15) is 18.0 Å². The molecule has 0 aliphatic heterocycles. The minimum absolute atomic E-state index is 0.196. The van der Waals surface area contributed by atoms with Gasteiger partial charge < -0.3 is 10.2 Å². The number of carbonyl (C=O) groups excluding carboxylic acids is 2. The first-order valence-electron chi connectivity index (χ1n) is 11.6. The second-order valence-corrected chi connectivity index (χ2v) is 11.0. The third kappa shape index (κ3) is 7.87. The van der Waals surface area contributed by atoms with Crippen molar-refractivity contribution < 1.29 is 18.0 Å². The van der Waals surface area contributed by atoms with E-state index in [4.69, 9.17) is 0 Å². The smallest absolute Gasteiger partial charge is 0.244 e. The van der Waals surface area contributed by atoms with Crippen molar-refractivity contribution in [1.82, 2.24) is 10.2 Å². The number of carbonyl (C=O) groups is 2. The van der Waals surface area contributed by atoms with Crippen molar-refractivity contribution in [3.63, 3.8) is 0 Å². The van der Waals surface area contributed by atoms with Crippen molar-refractivity contribution in [2.75, 3.05) is 23.7 Å². The molecule has 2 aromatic carbocycles. The number of aryl methyl sites for hydroxylation is 2. The number of nitrogens with zero attached hydrogens (tertiary/aromatic N) is 2. The Bertz CT molecular complexity index is 1060. The molecule has 0 radical (unpaired) electrons. The fraction of sp³-hybridized carbons (Fsp3) is 0.462. The van der Waals surface area contributed by atoms with Crippen molar-refractivity contribution >= 4 is 27.5 Å². The molecule has 0 spiro atoms. The van der Waals surface area contributed by atoms with Gasteiger partial charge in [0.25, 0.3) is 0 Å². The zero-order chi connectivity index (χ0) is 25.5. The first kappa shape index (κ1) is 27.4. The molecule has 1 N–H and O–H groups in total. The molecule has 1 atom stereocenters. The van der Waals surface area contributed by atoms with Gasteiger partial charge in [-0.2, -0.15) is 0 Å². The van der Waals surface area contributed by atoms with E-state index >= 15 is 0 Å². The van der Waals surface area contributed by atoms with Crippen LogP contribution in [0, 0.1) is 12.8 Å². The maximum Gasteiger partial charge on any atom is 0.244 e. The zero-order valence-electron chi connectivity index (χ0n) is 21.0. The highest BCUT2D eigenvalue weighted by Gasteiger charge is 2.30. The summed E-state index contributed by atoms with van der Waals surface area (Å²) in [4.78, 5) is 27.8. The van der Waals surface area contributed by atoms with E-state index in [2.05, 4.69) is 5.32 Å². The van der Waals surface area contributed by atoms with Gasteiger partial charge in [-0.15, -0.1) is 0 Å². The molecule has 0 aliphatic rings. The topological polar surface area (TPSA) is 86.8 Å². The lowest BCUT2D eigenvalue weighted by molar-refractivity contribution is -0.139. The normalized spacial score (nSPS) is 12.3. The fourth-order valence-electron chi connectivity index (χ4n) is 3.44. The van der Waals surface area contributed by atoms with Crippen LogP contribution in [-0.4, -0.2) is 50.5 Å². The van der Waals surface area contributed by atoms with Crippen LogP contribution in [-0.2, 0) is 32.6 Å². The summed E-state index contributed by atoms with van der Waals surface area (Å²) in [6.45, 7) is 9.95. The van der Waals surface area contributed by atoms with Gasteiger partial charge in [-0.3, -0.25) is 13.9 Å². The highest BCUT2D eigenvalue weighted by molar-refractivity contribution is 7.92. The number of anilines is 1. The Morgan fingerprint density at radius 2 is 1.50 bits per heavy atom. The molecule has 34 heavy (non-hydrogen) atoms. The number of benzene rings is 2. The maximum atomic E-state index is 13.5. The molecule has 8 heteroatoms. The van der Waals surface area contributed by atoms with Crippen molar-refractivity contribution in [1.29, 1.82) is 0 Å². The first-order chi connectivity index (χ1) is 15.9. The van der Waals surface area contributed by atoms with Gasteiger partial charge in [0.2, 0.25) is 21.8 Å². The Kier molecular flexibility index (Phi) is 9.67. The summed E-state index contributed by atoms with van der Waals surface area (Å²) in [5.74, 6) is -0.450. The van der Waals surface area contributed by atoms with Crippen molar-refractivity contribution in [2.45, 2.75) is 53.6 Å². The van der Waals surface area contributed by atoms with E-state index in [1.165, 1.54) is 4.90 Å². The second kappa shape index (κ2) is 12.0. The lowest BCUT2D eigenvalue weighted by Gasteiger charge is -2.31. The van der Waals surface area contributed by atoms with Gasteiger partial charge in [0.05, 0.1) is 11.9 Å². The highest BCUT2D eigenvalue weighted by atomic mass is 32.2. The van der Waals surface area contributed by atoms with Crippen LogP contribution in [0.1, 0.15) is 44.4 Å². The van der Waals surface area contributed by atoms with Gasteiger partial charge in [-0.05, 0) is 49.4 Å². The third-order valence-electron chi connectivity index (χ3n) is 5.64. The van der Waals surface area contributed by atoms with Crippen LogP contribution < -0.4 is 9.62 Å². The Balaban J connectivity index is 2.34. The van der Waals surface area contributed by atoms with Crippen molar-refractivity contribution in [3.05, 3.63) is 65.2 Å². The largest absolute Gasteiger partial charge is 0.354 e. The number of nitrogens with one attached hydrogen (secondary N) is 1. The molecule has 0 bridgehead atoms. The molecule has 0 aromatic heterocycles. The molecule has 0 fully saturated rings. The molecule has 0 heterocycles. The van der Waals surface area contributed by atoms with E-state index in [-0.39, 0.29) is 18.4 Å². The molecule has 1 unspecified atom stereocenters. The van der Waals surface area contributed by atoms with Gasteiger partial charge in [0, 0.05) is 13.1 Å². The third-order valence-corrected chi connectivity index (χ3v) is 6.78. The van der Waals surface area contributed by atoms with Crippen LogP contribution >= 0.6 is 0 Å². The first-order valence-corrected chi connectivity index (χ1v) is 13.5. The molecular formula is C26H37N3O4S. The van der Waals surface area contributed by atoms with Crippen molar-refractivity contribution in [3.8, 4) is 0 Å². The predicted octanol–water partition coefficient (Wildman–Crippen LogP) is 3.51. The van der Waals surface area contributed by atoms with Crippen LogP contribution in [0.3, 0.4) is 0 Å². The van der Waals surface area contributed by atoms with Crippen molar-refractivity contribution in [2.24, 2.45) is 5.92 Å². The average molecular weight is 488 g/mol. The van der Waals surface area contributed by atoms with Crippen LogP contribution in [0.25, 0.3) is 0 Å². The van der Waals surface area contributed by atoms with E-state index in [1.807, 2.05) is 64.1 Å². The summed E-state index contributed by atoms with van der Waals surface area (Å²) in [6, 6.07) is 14.1. The molecule has 186 valence electrons. The lowest BCUT2D eigenvalue weighted by atomic mass is 10.1. The van der Waals surface area contributed by atoms with Crippen LogP contribution in [0.4, 0.5) is 5.69 Å². The van der Waals surface area contributed by atoms with E-state index in [0.29, 0.717) is 12.2 Å². The molecule has 2 amide bonds. The minimum Gasteiger partial charge on any atom is -0.354 e. The Labute approximate surface area is 204 Å². The van der Waals surface area contributed by atoms with E-state index in [1.54, 1.807) is 19.1 Å². The Hall–Kier alpha value is -2.87. The number of hydrogen-bond donors (Lipinski definition) is 1. The highest BCUT2D eigenvalue weighted by Crippen LogP contribution is 2.20. The van der Waals surface area contributed by atoms with Crippen LogP contribution in [0.5, 0.6) is 0 Å².